The fourth-order valence-corrected chi connectivity index (χ4v) is 5.85. The zero-order chi connectivity index (χ0) is 37.3. The Morgan fingerprint density at radius 2 is 1.38 bits per heavy atom. The molecule has 2 saturated carbocycles. The van der Waals surface area contributed by atoms with Crippen LogP contribution in [0.1, 0.15) is 78.3 Å². The highest BCUT2D eigenvalue weighted by atomic mass is 16.6. The Bertz CT molecular complexity index is 2320. The van der Waals surface area contributed by atoms with Crippen LogP contribution in [-0.4, -0.2) is 75.8 Å². The number of aliphatic hydroxyl groups excluding tert-OH is 2. The first-order chi connectivity index (χ1) is 25.6. The van der Waals surface area contributed by atoms with Crippen molar-refractivity contribution in [2.24, 2.45) is 0 Å². The maximum Gasteiger partial charge on any atom is 0.416 e. The van der Waals surface area contributed by atoms with E-state index in [0.29, 0.717) is 46.3 Å². The molecule has 2 fully saturated rings. The van der Waals surface area contributed by atoms with Crippen LogP contribution >= 0.6 is 0 Å². The van der Waals surface area contributed by atoms with Gasteiger partial charge in [0.15, 0.2) is 23.9 Å². The summed E-state index contributed by atoms with van der Waals surface area (Å²) in [5.41, 5.74) is 5.60. The van der Waals surface area contributed by atoms with Gasteiger partial charge in [-0.15, -0.1) is 0 Å². The molecule has 2 aromatic carbocycles. The van der Waals surface area contributed by atoms with Crippen molar-refractivity contribution in [1.82, 2.24) is 29.2 Å². The van der Waals surface area contributed by atoms with Crippen LogP contribution in [0.25, 0.3) is 33.8 Å². The number of carbonyl (C=O) groups is 3. The molecule has 0 bridgehead atoms. The van der Waals surface area contributed by atoms with E-state index in [1.807, 2.05) is 75.4 Å². The number of benzene rings is 2. The Kier molecular flexibility index (Phi) is 9.73. The summed E-state index contributed by atoms with van der Waals surface area (Å²) in [6, 6.07) is 19.1. The van der Waals surface area contributed by atoms with Crippen LogP contribution < -0.4 is 10.2 Å². The topological polar surface area (TPSA) is 177 Å². The van der Waals surface area contributed by atoms with Gasteiger partial charge in [-0.2, -0.15) is 19.2 Å². The molecule has 4 heterocycles. The van der Waals surface area contributed by atoms with Crippen LogP contribution in [0.15, 0.2) is 73.1 Å². The Labute approximate surface area is 305 Å². The van der Waals surface area contributed by atoms with Gasteiger partial charge >= 0.3 is 6.09 Å². The first-order valence-corrected chi connectivity index (χ1v) is 17.5. The number of aliphatic hydroxyl groups is 2. The summed E-state index contributed by atoms with van der Waals surface area (Å²) in [5.74, 6) is 1.32. The first kappa shape index (κ1) is 35.4. The molecule has 2 aliphatic rings. The average molecular weight is 717 g/mol. The van der Waals surface area contributed by atoms with Gasteiger partial charge in [-0.3, -0.25) is 14.5 Å². The molecule has 14 nitrogen and oxygen atoms in total. The Hall–Kier alpha value is -5.99. The third-order valence-electron chi connectivity index (χ3n) is 8.72. The highest BCUT2D eigenvalue weighted by Gasteiger charge is 2.38. The zero-order valence-corrected chi connectivity index (χ0v) is 29.6. The number of carbonyl (C=O) groups excluding carboxylic acids is 3. The van der Waals surface area contributed by atoms with Crippen molar-refractivity contribution >= 4 is 41.6 Å². The summed E-state index contributed by atoms with van der Waals surface area (Å²) in [7, 11) is 0. The van der Waals surface area contributed by atoms with Gasteiger partial charge in [-0.05, 0) is 69.7 Å². The summed E-state index contributed by atoms with van der Waals surface area (Å²) >= 11 is 0. The molecular formula is C39H40N8O6. The molecule has 2 aliphatic carbocycles. The standard InChI is InChI=1S/C22H24N4O4.C17H16N4O2/c1-22(2,3)30-21(29)25(17-7-8-17)19-10-18(15-6-4-5-14(9-15)12-27)24-20-16(13-28)11-23-26(19)20;22-9-11-2-1-3-12(6-11)15-7-16(19-14-4-5-14)21-17(20-15)13(10-23)8-18-21/h4-6,9-11,13,17,27H,7-8,12H2,1-3H3;1-3,6-8,10,14,19,22H,4-5,9H2. The molecule has 272 valence electrons. The zero-order valence-electron chi connectivity index (χ0n) is 29.6. The highest BCUT2D eigenvalue weighted by Crippen LogP contribution is 2.36. The largest absolute Gasteiger partial charge is 0.443 e. The lowest BCUT2D eigenvalue weighted by molar-refractivity contribution is 0.0575. The number of fused-ring (bicyclic) bond motifs is 2. The van der Waals surface area contributed by atoms with E-state index >= 15 is 0 Å². The van der Waals surface area contributed by atoms with Crippen LogP contribution in [0.2, 0.25) is 0 Å². The Morgan fingerprint density at radius 1 is 0.830 bits per heavy atom. The molecule has 14 heteroatoms. The maximum absolute atomic E-state index is 13.0. The van der Waals surface area contributed by atoms with Gasteiger partial charge in [0.05, 0.1) is 48.1 Å². The number of nitrogens with one attached hydrogen (secondary N) is 1. The quantitative estimate of drug-likeness (QED) is 0.144. The Balaban J connectivity index is 0.000000170. The van der Waals surface area contributed by atoms with Crippen molar-refractivity contribution in [3.05, 3.63) is 95.3 Å². The second kappa shape index (κ2) is 14.6. The van der Waals surface area contributed by atoms with Crippen LogP contribution in [0.3, 0.4) is 0 Å². The predicted molar refractivity (Wildman–Crippen MR) is 198 cm³/mol. The summed E-state index contributed by atoms with van der Waals surface area (Å²) in [4.78, 5) is 46.6. The SMILES string of the molecule is CC(C)(C)OC(=O)N(c1cc(-c2cccc(CO)c2)nc2c(C=O)cnn12)C1CC1.O=Cc1cnn2c(NC3CC3)cc(-c3cccc(CO)c3)nc12. The molecule has 53 heavy (non-hydrogen) atoms. The second-order valence-electron chi connectivity index (χ2n) is 14.1. The van der Waals surface area contributed by atoms with Crippen molar-refractivity contribution in [2.75, 3.05) is 10.2 Å². The fraction of sp³-hybridized carbons (Fsp3) is 0.308. The minimum absolute atomic E-state index is 0.00552. The maximum atomic E-state index is 13.0. The lowest BCUT2D eigenvalue weighted by Crippen LogP contribution is -2.39. The molecule has 0 spiro atoms. The van der Waals surface area contributed by atoms with E-state index in [1.165, 1.54) is 16.9 Å². The third-order valence-corrected chi connectivity index (χ3v) is 8.72. The third kappa shape index (κ3) is 7.78. The number of aldehydes is 2. The number of ether oxygens (including phenoxy) is 1. The van der Waals surface area contributed by atoms with E-state index in [0.717, 1.165) is 65.7 Å². The number of hydrogen-bond donors (Lipinski definition) is 3. The molecule has 4 aromatic heterocycles. The number of hydrogen-bond acceptors (Lipinski definition) is 11. The second-order valence-corrected chi connectivity index (χ2v) is 14.1. The highest BCUT2D eigenvalue weighted by molar-refractivity contribution is 5.91. The minimum Gasteiger partial charge on any atom is -0.443 e. The molecule has 1 amide bonds. The van der Waals surface area contributed by atoms with Crippen molar-refractivity contribution in [1.29, 1.82) is 0 Å². The number of aromatic nitrogens is 6. The van der Waals surface area contributed by atoms with E-state index in [-0.39, 0.29) is 19.3 Å². The summed E-state index contributed by atoms with van der Waals surface area (Å²) in [6.07, 6.45) is 7.97. The monoisotopic (exact) mass is 716 g/mol. The van der Waals surface area contributed by atoms with Crippen LogP contribution in [-0.2, 0) is 18.0 Å². The minimum atomic E-state index is -0.646. The van der Waals surface area contributed by atoms with E-state index in [2.05, 4.69) is 25.5 Å². The number of amides is 1. The van der Waals surface area contributed by atoms with Gasteiger partial charge in [0, 0.05) is 35.3 Å². The molecule has 0 atom stereocenters. The van der Waals surface area contributed by atoms with E-state index in [9.17, 15) is 24.6 Å². The van der Waals surface area contributed by atoms with Gasteiger partial charge in [-0.1, -0.05) is 36.4 Å². The summed E-state index contributed by atoms with van der Waals surface area (Å²) in [6.45, 7) is 5.35. The summed E-state index contributed by atoms with van der Waals surface area (Å²) < 4.78 is 8.82. The predicted octanol–water partition coefficient (Wildman–Crippen LogP) is 5.88. The molecule has 3 N–H and O–H groups in total. The van der Waals surface area contributed by atoms with Gasteiger partial charge in [-0.25, -0.2) is 14.8 Å². The number of anilines is 2. The lowest BCUT2D eigenvalue weighted by atomic mass is 10.1. The molecule has 0 saturated heterocycles. The Morgan fingerprint density at radius 3 is 1.89 bits per heavy atom. The fourth-order valence-electron chi connectivity index (χ4n) is 5.85. The van der Waals surface area contributed by atoms with Gasteiger partial charge < -0.3 is 20.3 Å². The van der Waals surface area contributed by atoms with Crippen LogP contribution in [0.5, 0.6) is 0 Å². The first-order valence-electron chi connectivity index (χ1n) is 17.5. The van der Waals surface area contributed by atoms with Crippen molar-refractivity contribution < 1.29 is 29.3 Å². The van der Waals surface area contributed by atoms with Gasteiger partial charge in [0.2, 0.25) is 0 Å². The molecule has 0 unspecified atom stereocenters. The van der Waals surface area contributed by atoms with Crippen molar-refractivity contribution in [3.8, 4) is 22.5 Å². The van der Waals surface area contributed by atoms with E-state index < -0.39 is 11.7 Å². The van der Waals surface area contributed by atoms with Crippen molar-refractivity contribution in [3.63, 3.8) is 0 Å². The lowest BCUT2D eigenvalue weighted by Gasteiger charge is -2.27. The van der Waals surface area contributed by atoms with Crippen LogP contribution in [0, 0.1) is 0 Å². The number of nitrogens with zero attached hydrogens (tertiary/aromatic N) is 7. The van der Waals surface area contributed by atoms with E-state index in [1.54, 1.807) is 15.5 Å². The normalized spacial score (nSPS) is 14.1. The molecule has 8 rings (SSSR count). The molecule has 0 radical (unpaired) electrons. The smallest absolute Gasteiger partial charge is 0.416 e. The number of rotatable bonds is 10. The van der Waals surface area contributed by atoms with E-state index in [4.69, 9.17) is 4.74 Å². The van der Waals surface area contributed by atoms with Gasteiger partial charge in [0.1, 0.15) is 17.2 Å². The molecular weight excluding hydrogens is 676 g/mol. The van der Waals surface area contributed by atoms with Gasteiger partial charge in [0.25, 0.3) is 0 Å². The van der Waals surface area contributed by atoms with Crippen LogP contribution in [0.4, 0.5) is 16.4 Å². The summed E-state index contributed by atoms with van der Waals surface area (Å²) in [5, 5.41) is 30.8. The average Bonchev–Trinajstić information content (AvgIpc) is 4.08. The molecule has 6 aromatic rings. The van der Waals surface area contributed by atoms with Crippen molar-refractivity contribution in [2.45, 2.75) is 77.4 Å². The molecule has 0 aliphatic heterocycles.